The van der Waals surface area contributed by atoms with Gasteiger partial charge in [-0.2, -0.15) is 0 Å². The highest BCUT2D eigenvalue weighted by atomic mass is 32.2. The van der Waals surface area contributed by atoms with E-state index in [1.165, 1.54) is 24.3 Å². The molecule has 0 aromatic heterocycles. The highest BCUT2D eigenvalue weighted by Gasteiger charge is 2.31. The third-order valence-electron chi connectivity index (χ3n) is 14.2. The van der Waals surface area contributed by atoms with E-state index in [0.717, 1.165) is 44.5 Å². The molecule has 10 bridgehead atoms. The predicted octanol–water partition coefficient (Wildman–Crippen LogP) is 11.1. The van der Waals surface area contributed by atoms with Crippen molar-refractivity contribution >= 4 is 31.9 Å². The summed E-state index contributed by atoms with van der Waals surface area (Å²) in [6.07, 6.45) is 1.11. The summed E-state index contributed by atoms with van der Waals surface area (Å²) >= 11 is 0. The van der Waals surface area contributed by atoms with Crippen molar-refractivity contribution in [1.82, 2.24) is 9.44 Å². The Kier molecular flexibility index (Phi) is 16.9. The standard InChI is InChI=1S/C64H76N2O11S2/c1-61(2,3)49-31-41-27-42-32-50(62(4,5)6)34-44-29-46-36-52(64(10,11)12)38-48(60(46)77-40-56(68)66-79(71,72)54-21-17-14-18-22-54)30-47-37-51(63(7,8)9)35-45(28-43(33-49)57(41)74-25-23-73-24-26-75-58(42)44)59(47)76-39-55(67)65-78(69,70)53-19-15-13-16-20-53/h13-22,31-38H,23-30,39-40H2,1-12H3,(H,65,67)(H,66,68). The lowest BCUT2D eigenvalue weighted by molar-refractivity contribution is -0.122. The Hall–Kier alpha value is -6.68. The molecular weight excluding hydrogens is 1040 g/mol. The monoisotopic (exact) mass is 1110 g/mol. The molecule has 0 unspecified atom stereocenters. The fourth-order valence-electron chi connectivity index (χ4n) is 9.82. The number of carbonyl (C=O) groups is 2. The van der Waals surface area contributed by atoms with E-state index in [0.29, 0.717) is 64.9 Å². The second-order valence-electron chi connectivity index (χ2n) is 24.8. The fourth-order valence-corrected chi connectivity index (χ4v) is 11.8. The van der Waals surface area contributed by atoms with Crippen molar-refractivity contribution < 1.29 is 50.1 Å². The second kappa shape index (κ2) is 22.8. The zero-order chi connectivity index (χ0) is 57.3. The van der Waals surface area contributed by atoms with Gasteiger partial charge in [0.25, 0.3) is 31.9 Å². The first-order chi connectivity index (χ1) is 37.0. The molecule has 0 spiro atoms. The van der Waals surface area contributed by atoms with Crippen molar-refractivity contribution in [3.63, 3.8) is 0 Å². The number of rotatable bonds is 10. The largest absolute Gasteiger partial charge is 0.491 e. The van der Waals surface area contributed by atoms with E-state index in [4.69, 9.17) is 23.7 Å². The van der Waals surface area contributed by atoms with Crippen LogP contribution in [0.2, 0.25) is 0 Å². The molecule has 1 aliphatic carbocycles. The minimum absolute atomic E-state index is 0.0706. The molecule has 0 saturated carbocycles. The molecule has 0 atom stereocenters. The van der Waals surface area contributed by atoms with Gasteiger partial charge in [-0.1, -0.05) is 168 Å². The van der Waals surface area contributed by atoms with Crippen molar-refractivity contribution in [2.24, 2.45) is 0 Å². The van der Waals surface area contributed by atoms with Crippen LogP contribution in [0.1, 0.15) is 150 Å². The maximum absolute atomic E-state index is 13.9. The van der Waals surface area contributed by atoms with E-state index >= 15 is 0 Å². The number of hydrogen-bond donors (Lipinski definition) is 2. The molecular formula is C64H76N2O11S2. The van der Waals surface area contributed by atoms with Crippen molar-refractivity contribution in [3.05, 3.63) is 176 Å². The first-order valence-electron chi connectivity index (χ1n) is 26.9. The van der Waals surface area contributed by atoms with Crippen LogP contribution in [0.15, 0.2) is 119 Å². The van der Waals surface area contributed by atoms with Crippen LogP contribution in [-0.4, -0.2) is 68.3 Å². The molecule has 420 valence electrons. The Balaban J connectivity index is 1.42. The molecule has 79 heavy (non-hydrogen) atoms. The summed E-state index contributed by atoms with van der Waals surface area (Å²) in [5.41, 5.74) is 9.00. The summed E-state index contributed by atoms with van der Waals surface area (Å²) in [4.78, 5) is 27.7. The highest BCUT2D eigenvalue weighted by molar-refractivity contribution is 7.90. The number of amides is 2. The van der Waals surface area contributed by atoms with Crippen LogP contribution in [-0.2, 0) is 81.7 Å². The minimum Gasteiger partial charge on any atom is -0.491 e. The molecule has 0 radical (unpaired) electrons. The zero-order valence-corrected chi connectivity index (χ0v) is 49.4. The van der Waals surface area contributed by atoms with Crippen LogP contribution >= 0.6 is 0 Å². The van der Waals surface area contributed by atoms with E-state index in [-0.39, 0.29) is 53.1 Å². The third kappa shape index (κ3) is 14.2. The Labute approximate surface area is 467 Å². The Morgan fingerprint density at radius 3 is 0.975 bits per heavy atom. The van der Waals surface area contributed by atoms with Gasteiger partial charge in [0.15, 0.2) is 13.2 Å². The van der Waals surface area contributed by atoms with Crippen LogP contribution in [0.25, 0.3) is 0 Å². The maximum atomic E-state index is 13.9. The van der Waals surface area contributed by atoms with E-state index in [1.807, 2.05) is 0 Å². The SMILES string of the molecule is CC(C)(C)c1cc2c3c(c1)Cc1cc(C(C)(C)C)cc(c1OCC(=O)NS(=O)(=O)c1ccccc1)Cc1cc(C(C)(C)C)cc(c1OCC(=O)NS(=O)(=O)c1ccccc1)Cc1cc(C(C)(C)C)cc(c1OCCOCCO3)C2. The topological polar surface area (TPSA) is 173 Å². The summed E-state index contributed by atoms with van der Waals surface area (Å²) in [5, 5.41) is 0. The fraction of sp³-hybridized carbons (Fsp3) is 0.406. The van der Waals surface area contributed by atoms with Crippen LogP contribution in [0.4, 0.5) is 0 Å². The average Bonchev–Trinajstić information content (AvgIpc) is 3.34. The van der Waals surface area contributed by atoms with Gasteiger partial charge < -0.3 is 23.7 Å². The Bertz CT molecular complexity index is 3250. The molecule has 0 fully saturated rings. The molecule has 6 aromatic rings. The van der Waals surface area contributed by atoms with Crippen LogP contribution < -0.4 is 28.4 Å². The van der Waals surface area contributed by atoms with Crippen molar-refractivity contribution in [2.45, 2.75) is 140 Å². The number of sulfonamides is 2. The number of benzene rings is 6. The van der Waals surface area contributed by atoms with Crippen LogP contribution in [0.5, 0.6) is 23.0 Å². The molecule has 1 heterocycles. The van der Waals surface area contributed by atoms with Crippen LogP contribution in [0, 0.1) is 0 Å². The normalized spacial score (nSPS) is 14.5. The average molecular weight is 1110 g/mol. The van der Waals surface area contributed by atoms with Crippen molar-refractivity contribution in [2.75, 3.05) is 39.6 Å². The molecule has 13 nitrogen and oxygen atoms in total. The summed E-state index contributed by atoms with van der Waals surface area (Å²) in [7, 11) is -8.51. The molecule has 0 saturated heterocycles. The van der Waals surface area contributed by atoms with Gasteiger partial charge in [0.2, 0.25) is 0 Å². The first-order valence-corrected chi connectivity index (χ1v) is 29.9. The van der Waals surface area contributed by atoms with E-state index < -0.39 is 55.9 Å². The quantitative estimate of drug-likeness (QED) is 0.133. The molecule has 6 aromatic carbocycles. The number of hydrogen-bond acceptors (Lipinski definition) is 11. The first kappa shape index (κ1) is 58.5. The summed E-state index contributed by atoms with van der Waals surface area (Å²) in [6, 6.07) is 32.4. The second-order valence-corrected chi connectivity index (χ2v) is 28.1. The van der Waals surface area contributed by atoms with Gasteiger partial charge in [-0.15, -0.1) is 0 Å². The number of ether oxygens (including phenoxy) is 5. The lowest BCUT2D eigenvalue weighted by Gasteiger charge is -2.29. The number of carbonyl (C=O) groups excluding carboxylic acids is 2. The highest BCUT2D eigenvalue weighted by Crippen LogP contribution is 2.44. The van der Waals surface area contributed by atoms with Gasteiger partial charge in [-0.25, -0.2) is 26.3 Å². The van der Waals surface area contributed by atoms with Crippen molar-refractivity contribution in [1.29, 1.82) is 0 Å². The van der Waals surface area contributed by atoms with Gasteiger partial charge in [0.05, 0.1) is 23.0 Å². The van der Waals surface area contributed by atoms with Gasteiger partial charge in [-0.3, -0.25) is 9.59 Å². The summed E-state index contributed by atoms with van der Waals surface area (Å²) in [5.74, 6) is 0.348. The van der Waals surface area contributed by atoms with Gasteiger partial charge in [-0.05, 0) is 113 Å². The summed E-state index contributed by atoms with van der Waals surface area (Å²) < 4.78 is 91.9. The van der Waals surface area contributed by atoms with Gasteiger partial charge in [0.1, 0.15) is 36.2 Å². The zero-order valence-electron chi connectivity index (χ0n) is 47.8. The lowest BCUT2D eigenvalue weighted by atomic mass is 9.79. The van der Waals surface area contributed by atoms with E-state index in [1.54, 1.807) is 36.4 Å². The van der Waals surface area contributed by atoms with E-state index in [9.17, 15) is 26.4 Å². The smallest absolute Gasteiger partial charge is 0.271 e. The molecule has 2 aliphatic rings. The van der Waals surface area contributed by atoms with Crippen LogP contribution in [0.3, 0.4) is 0 Å². The van der Waals surface area contributed by atoms with Gasteiger partial charge in [0, 0.05) is 25.7 Å². The number of nitrogens with one attached hydrogen (secondary N) is 2. The molecule has 1 aliphatic heterocycles. The molecule has 15 heteroatoms. The van der Waals surface area contributed by atoms with Gasteiger partial charge >= 0.3 is 0 Å². The minimum atomic E-state index is -4.25. The number of fused-ring (bicyclic) bond motifs is 4. The van der Waals surface area contributed by atoms with Crippen molar-refractivity contribution in [3.8, 4) is 23.0 Å². The molecule has 2 N–H and O–H groups in total. The maximum Gasteiger partial charge on any atom is 0.271 e. The van der Waals surface area contributed by atoms with E-state index in [2.05, 4.69) is 141 Å². The summed E-state index contributed by atoms with van der Waals surface area (Å²) in [6.45, 7) is 25.6. The predicted molar refractivity (Wildman–Crippen MR) is 308 cm³/mol. The molecule has 8 rings (SSSR count). The Morgan fingerprint density at radius 1 is 0.418 bits per heavy atom. The third-order valence-corrected chi connectivity index (χ3v) is 17.0. The Morgan fingerprint density at radius 2 is 0.684 bits per heavy atom. The lowest BCUT2D eigenvalue weighted by Crippen LogP contribution is -2.34. The molecule has 2 amide bonds.